The summed E-state index contributed by atoms with van der Waals surface area (Å²) in [5, 5.41) is 66.0. The Kier molecular flexibility index (Phi) is 25.0. The molecule has 2 aliphatic heterocycles. The maximum atomic E-state index is 15.2. The van der Waals surface area contributed by atoms with E-state index in [-0.39, 0.29) is 56.7 Å². The standard InChI is InChI=1S/C69H81FN16O11S2/c1-38-59(47-33-76-69(86-37-77-85-61(47)86)75-32-46-45-23-26-97-58(45)21-20-48(46)70)42(22-25-73-38)30-57(89)54(34-87)81-67(95)56-36-99-98-35-55(82-62(90)49(72)27-40-13-5-3-6-14-40)66(94)79-52(28-41-15-7-4-8-16-41)64(92)80-53(29-43-31-74-50-18-10-9-17-44(43)50)65(93)78-51(19-11-12-24-71)63(91)84-60(39(2)88)68(96)83-56/h3-10,13-18,20-22,25,31,33,37,39,49,51-57,60,74,87-89H,11-12,19,23-24,26-30,32,34-36,71-72H2,1-2H3,(H,75,76)(H,78,93)(H,79,94)(H,80,92)(H,81,95)(H,82,90)(H,83,96)(H,84,91)/t39-,49-,51+,52+,53-,54-,55+,56+,57-,60+/m1/s1. The molecule has 27 nitrogen and oxygen atoms in total. The highest BCUT2D eigenvalue weighted by atomic mass is 33.1. The number of halogens is 1. The molecule has 2 aliphatic rings. The van der Waals surface area contributed by atoms with E-state index in [0.717, 1.165) is 43.6 Å². The molecular weight excluding hydrogens is 1310 g/mol. The Balaban J connectivity index is 0.937. The summed E-state index contributed by atoms with van der Waals surface area (Å²) in [7, 11) is 1.99. The average molecular weight is 1390 g/mol. The van der Waals surface area contributed by atoms with Crippen molar-refractivity contribution in [3.8, 4) is 16.9 Å². The number of carbonyl (C=O) groups excluding carboxylic acids is 7. The van der Waals surface area contributed by atoms with Gasteiger partial charge in [0.05, 0.1) is 37.5 Å². The molecular formula is C69H81FN16O11S2. The summed E-state index contributed by atoms with van der Waals surface area (Å²) in [6.45, 7) is 2.91. The van der Waals surface area contributed by atoms with Gasteiger partial charge in [-0.1, -0.05) is 100 Å². The number of rotatable bonds is 23. The van der Waals surface area contributed by atoms with E-state index < -0.39 is 114 Å². The van der Waals surface area contributed by atoms with E-state index in [9.17, 15) is 48.9 Å². The number of ether oxygens (including phenoxy) is 1. The molecule has 0 spiro atoms. The summed E-state index contributed by atoms with van der Waals surface area (Å²) in [5.41, 5.74) is 18.6. The molecule has 0 unspecified atom stereocenters. The summed E-state index contributed by atoms with van der Waals surface area (Å²) in [5.74, 6) is -6.01. The van der Waals surface area contributed by atoms with Crippen molar-refractivity contribution in [1.29, 1.82) is 0 Å². The number of hydrogen-bond acceptors (Lipinski definition) is 20. The molecule has 10 rings (SSSR count). The normalized spacial score (nSPS) is 20.2. The van der Waals surface area contributed by atoms with Gasteiger partial charge in [-0.2, -0.15) is 0 Å². The number of anilines is 1. The number of aliphatic hydroxyl groups is 3. The lowest BCUT2D eigenvalue weighted by atomic mass is 9.94. The second-order valence-electron chi connectivity index (χ2n) is 24.4. The Bertz CT molecular complexity index is 4150. The number of benzene rings is 4. The number of aliphatic hydroxyl groups excluding tert-OH is 3. The first-order valence-corrected chi connectivity index (χ1v) is 35.1. The third-order valence-corrected chi connectivity index (χ3v) is 19.8. The van der Waals surface area contributed by atoms with Crippen LogP contribution in [0, 0.1) is 12.7 Å². The fourth-order valence-electron chi connectivity index (χ4n) is 12.0. The van der Waals surface area contributed by atoms with E-state index in [1.54, 1.807) is 90.4 Å². The summed E-state index contributed by atoms with van der Waals surface area (Å²) < 4.78 is 22.4. The van der Waals surface area contributed by atoms with E-state index in [1.807, 2.05) is 30.3 Å². The van der Waals surface area contributed by atoms with Gasteiger partial charge in [-0.3, -0.25) is 42.9 Å². The number of nitrogens with zero attached hydrogens (tertiary/aromatic N) is 5. The van der Waals surface area contributed by atoms with E-state index >= 15 is 4.39 Å². The van der Waals surface area contributed by atoms with Gasteiger partial charge in [-0.25, -0.2) is 9.37 Å². The Hall–Kier alpha value is -9.56. The monoisotopic (exact) mass is 1390 g/mol. The van der Waals surface area contributed by atoms with Gasteiger partial charge in [0.1, 0.15) is 54.1 Å². The van der Waals surface area contributed by atoms with Crippen LogP contribution in [0.15, 0.2) is 128 Å². The summed E-state index contributed by atoms with van der Waals surface area (Å²) in [4.78, 5) is 115. The number of fused-ring (bicyclic) bond motifs is 3. The quantitative estimate of drug-likeness (QED) is 0.0321. The molecule has 4 aromatic carbocycles. The number of nitrogens with two attached hydrogens (primary N) is 2. The first-order valence-electron chi connectivity index (χ1n) is 32.6. The van der Waals surface area contributed by atoms with Crippen LogP contribution in [0.1, 0.15) is 65.3 Å². The molecule has 0 saturated carbocycles. The Morgan fingerprint density at radius 2 is 1.48 bits per heavy atom. The predicted molar refractivity (Wildman–Crippen MR) is 372 cm³/mol. The molecule has 16 N–H and O–H groups in total. The maximum absolute atomic E-state index is 15.2. The van der Waals surface area contributed by atoms with Gasteiger partial charge in [-0.15, -0.1) is 10.2 Å². The van der Waals surface area contributed by atoms with E-state index in [4.69, 9.17) is 16.2 Å². The summed E-state index contributed by atoms with van der Waals surface area (Å²) in [6, 6.07) is 18.3. The maximum Gasteiger partial charge on any atom is 0.245 e. The molecule has 0 bridgehead atoms. The highest BCUT2D eigenvalue weighted by Crippen LogP contribution is 2.34. The number of aromatic amines is 1. The number of carbonyl (C=O) groups is 7. The SMILES string of the molecule is Cc1nccc(C[C@@H](O)[C@@H](CO)NC(=O)[C@@H]2CSSC[C@H](NC(=O)[C@H](N)Cc3ccccc3)C(=O)N[C@@H](Cc3ccccc3)C(=O)N[C@H](Cc3c[nH]c4ccccc34)C(=O)N[C@@H](CCCCN)C(=O)N[C@@H]([C@@H](C)O)C(=O)N2)c1-c1cnc(NCc2c(F)ccc3c2CCO3)n2cnnc12. The number of amides is 7. The summed E-state index contributed by atoms with van der Waals surface area (Å²) in [6.07, 6.45) is 4.02. The van der Waals surface area contributed by atoms with Gasteiger partial charge in [-0.05, 0) is 92.6 Å². The number of pyridine rings is 1. The van der Waals surface area contributed by atoms with E-state index in [2.05, 4.69) is 67.7 Å². The Morgan fingerprint density at radius 3 is 2.23 bits per heavy atom. The Morgan fingerprint density at radius 1 is 0.788 bits per heavy atom. The van der Waals surface area contributed by atoms with Crippen LogP contribution in [0.5, 0.6) is 5.75 Å². The van der Waals surface area contributed by atoms with Crippen LogP contribution in [0.25, 0.3) is 27.7 Å². The second-order valence-corrected chi connectivity index (χ2v) is 27.0. The second kappa shape index (κ2) is 34.3. The van der Waals surface area contributed by atoms with Crippen molar-refractivity contribution in [2.75, 3.05) is 36.6 Å². The number of H-pyrrole nitrogens is 1. The molecule has 0 radical (unpaired) electrons. The lowest BCUT2D eigenvalue weighted by Crippen LogP contribution is -2.62. The third kappa shape index (κ3) is 18.4. The largest absolute Gasteiger partial charge is 0.493 e. The highest BCUT2D eigenvalue weighted by Gasteiger charge is 2.37. The minimum Gasteiger partial charge on any atom is -0.493 e. The molecule has 1 saturated heterocycles. The minimum atomic E-state index is -1.76. The topological polar surface area (TPSA) is 409 Å². The smallest absolute Gasteiger partial charge is 0.245 e. The van der Waals surface area contributed by atoms with Gasteiger partial charge in [0, 0.05) is 101 Å². The zero-order valence-corrected chi connectivity index (χ0v) is 56.1. The molecule has 99 heavy (non-hydrogen) atoms. The van der Waals surface area contributed by atoms with Crippen LogP contribution >= 0.6 is 21.6 Å². The lowest BCUT2D eigenvalue weighted by Gasteiger charge is -2.29. The van der Waals surface area contributed by atoms with Crippen molar-refractivity contribution in [1.82, 2.24) is 66.8 Å². The van der Waals surface area contributed by atoms with Crippen molar-refractivity contribution in [2.45, 2.75) is 132 Å². The number of para-hydroxylation sites is 1. The summed E-state index contributed by atoms with van der Waals surface area (Å²) >= 11 is 0. The number of unbranched alkanes of at least 4 members (excludes halogenated alkanes) is 1. The van der Waals surface area contributed by atoms with E-state index in [1.165, 1.54) is 25.5 Å². The fraction of sp³-hybridized carbons (Fsp3) is 0.377. The van der Waals surface area contributed by atoms with Crippen molar-refractivity contribution in [3.63, 3.8) is 0 Å². The number of aryl methyl sites for hydroxylation is 1. The Labute approximate surface area is 577 Å². The molecule has 30 heteroatoms. The number of hydrogen-bond donors (Lipinski definition) is 14. The van der Waals surface area contributed by atoms with Gasteiger partial charge in [0.15, 0.2) is 5.65 Å². The molecule has 10 atom stereocenters. The molecule has 8 aromatic rings. The zero-order valence-electron chi connectivity index (χ0n) is 54.5. The first kappa shape index (κ1) is 72.2. The third-order valence-electron chi connectivity index (χ3n) is 17.4. The average Bonchev–Trinajstić information content (AvgIpc) is 1.76. The van der Waals surface area contributed by atoms with Gasteiger partial charge in [0.2, 0.25) is 47.3 Å². The van der Waals surface area contributed by atoms with Crippen molar-refractivity contribution in [2.24, 2.45) is 11.5 Å². The van der Waals surface area contributed by atoms with Crippen LogP contribution < -0.4 is 58.7 Å². The van der Waals surface area contributed by atoms with Crippen LogP contribution in [0.2, 0.25) is 0 Å². The first-order chi connectivity index (χ1) is 47.9. The molecule has 7 amide bonds. The molecule has 6 heterocycles. The van der Waals surface area contributed by atoms with Crippen LogP contribution in [0.4, 0.5) is 10.3 Å². The number of nitrogens with one attached hydrogen (secondary N) is 9. The van der Waals surface area contributed by atoms with Crippen LogP contribution in [-0.4, -0.2) is 178 Å². The van der Waals surface area contributed by atoms with Crippen molar-refractivity contribution >= 4 is 85.4 Å². The van der Waals surface area contributed by atoms with E-state index in [0.29, 0.717) is 82.3 Å². The van der Waals surface area contributed by atoms with Gasteiger partial charge in [0.25, 0.3) is 0 Å². The lowest BCUT2D eigenvalue weighted by molar-refractivity contribution is -0.136. The van der Waals surface area contributed by atoms with Gasteiger partial charge >= 0.3 is 0 Å². The molecule has 4 aromatic heterocycles. The highest BCUT2D eigenvalue weighted by molar-refractivity contribution is 8.76. The minimum absolute atomic E-state index is 0.0161. The predicted octanol–water partition coefficient (Wildman–Crippen LogP) is 1.91. The van der Waals surface area contributed by atoms with Crippen LogP contribution in [-0.2, 0) is 72.2 Å². The van der Waals surface area contributed by atoms with Crippen LogP contribution in [0.3, 0.4) is 0 Å². The van der Waals surface area contributed by atoms with Crippen molar-refractivity contribution in [3.05, 3.63) is 173 Å². The number of aromatic nitrogens is 6. The van der Waals surface area contributed by atoms with Crippen molar-refractivity contribution < 1.29 is 58.0 Å². The fourth-order valence-corrected chi connectivity index (χ4v) is 14.3. The zero-order chi connectivity index (χ0) is 70.1. The van der Waals surface area contributed by atoms with Gasteiger partial charge < -0.3 is 79.0 Å². The molecule has 0 aliphatic carbocycles. The molecule has 1 fully saturated rings. The molecule has 522 valence electrons.